The molecule has 0 aromatic rings. The highest BCUT2D eigenvalue weighted by Gasteiger charge is 2.59. The van der Waals surface area contributed by atoms with Crippen LogP contribution in [0.25, 0.3) is 0 Å². The van der Waals surface area contributed by atoms with Gasteiger partial charge in [0, 0.05) is 24.3 Å². The average molecular weight is 236 g/mol. The number of esters is 2. The van der Waals surface area contributed by atoms with Gasteiger partial charge in [0.15, 0.2) is 0 Å². The topological polar surface area (TPSA) is 52.6 Å². The maximum absolute atomic E-state index is 11.7. The van der Waals surface area contributed by atoms with Gasteiger partial charge in [-0.2, -0.15) is 0 Å². The summed E-state index contributed by atoms with van der Waals surface area (Å²) in [6, 6.07) is 0. The molecule has 0 aromatic heterocycles. The van der Waals surface area contributed by atoms with Gasteiger partial charge >= 0.3 is 11.9 Å². The van der Waals surface area contributed by atoms with Crippen molar-refractivity contribution >= 4 is 11.9 Å². The lowest BCUT2D eigenvalue weighted by molar-refractivity contribution is -0.168. The molecule has 1 aliphatic heterocycles. The van der Waals surface area contributed by atoms with E-state index in [0.717, 1.165) is 12.8 Å². The summed E-state index contributed by atoms with van der Waals surface area (Å²) in [5.41, 5.74) is -0.0616. The average Bonchev–Trinajstić information content (AvgIpc) is 2.42. The molecule has 4 atom stereocenters. The van der Waals surface area contributed by atoms with E-state index in [1.165, 1.54) is 0 Å². The highest BCUT2D eigenvalue weighted by Crippen LogP contribution is 2.54. The predicted molar refractivity (Wildman–Crippen MR) is 59.0 cm³/mol. The summed E-state index contributed by atoms with van der Waals surface area (Å²) in [5.74, 6) is -0.159. The minimum absolute atomic E-state index is 0.0424. The van der Waals surface area contributed by atoms with Gasteiger partial charge in [-0.05, 0) is 19.8 Å². The molecule has 4 nitrogen and oxygen atoms in total. The fourth-order valence-electron chi connectivity index (χ4n) is 3.50. The Kier molecular flexibility index (Phi) is 2.12. The number of rotatable bonds is 2. The van der Waals surface area contributed by atoms with E-state index in [4.69, 9.17) is 9.47 Å². The highest BCUT2D eigenvalue weighted by atomic mass is 16.6. The van der Waals surface area contributed by atoms with Crippen LogP contribution in [0, 0.1) is 11.8 Å². The van der Waals surface area contributed by atoms with Crippen LogP contribution in [0.4, 0.5) is 0 Å². The summed E-state index contributed by atoms with van der Waals surface area (Å²) in [6.45, 7) is 5.24. The van der Waals surface area contributed by atoms with Gasteiger partial charge in [0.05, 0.1) is 5.92 Å². The summed E-state index contributed by atoms with van der Waals surface area (Å²) in [7, 11) is 0. The molecule has 3 bridgehead atoms. The molecule has 4 heteroatoms. The Labute approximate surface area is 100.0 Å². The molecule has 2 saturated carbocycles. The molecule has 3 aliphatic rings. The van der Waals surface area contributed by atoms with Crippen LogP contribution in [0.5, 0.6) is 0 Å². The van der Waals surface area contributed by atoms with Crippen LogP contribution in [0.1, 0.15) is 32.6 Å². The lowest BCUT2D eigenvalue weighted by Crippen LogP contribution is -2.41. The Morgan fingerprint density at radius 2 is 2.24 bits per heavy atom. The minimum Gasteiger partial charge on any atom is -0.462 e. The van der Waals surface area contributed by atoms with Crippen molar-refractivity contribution in [2.24, 2.45) is 11.8 Å². The van der Waals surface area contributed by atoms with E-state index in [9.17, 15) is 9.59 Å². The molecule has 1 saturated heterocycles. The Morgan fingerprint density at radius 3 is 2.94 bits per heavy atom. The van der Waals surface area contributed by atoms with E-state index in [2.05, 4.69) is 6.58 Å². The van der Waals surface area contributed by atoms with Gasteiger partial charge in [0.1, 0.15) is 11.7 Å². The largest absolute Gasteiger partial charge is 0.462 e. The van der Waals surface area contributed by atoms with E-state index < -0.39 is 5.60 Å². The monoisotopic (exact) mass is 236 g/mol. The SMILES string of the molecule is C=C(C)C(=O)OC12CC3CC(C1)[C@@H](C2)OC3=O. The van der Waals surface area contributed by atoms with Gasteiger partial charge < -0.3 is 9.47 Å². The van der Waals surface area contributed by atoms with Gasteiger partial charge in [0.25, 0.3) is 0 Å². The van der Waals surface area contributed by atoms with Crippen LogP contribution in [0.15, 0.2) is 12.2 Å². The number of ether oxygens (including phenoxy) is 2. The van der Waals surface area contributed by atoms with Crippen molar-refractivity contribution in [2.75, 3.05) is 0 Å². The third-order valence-electron chi connectivity index (χ3n) is 4.20. The first-order valence-corrected chi connectivity index (χ1v) is 6.08. The van der Waals surface area contributed by atoms with E-state index in [1.54, 1.807) is 6.92 Å². The van der Waals surface area contributed by atoms with Gasteiger partial charge in [-0.15, -0.1) is 0 Å². The van der Waals surface area contributed by atoms with Crippen molar-refractivity contribution in [3.05, 3.63) is 12.2 Å². The van der Waals surface area contributed by atoms with Crippen LogP contribution in [0.3, 0.4) is 0 Å². The quantitative estimate of drug-likeness (QED) is 0.539. The molecule has 0 amide bonds. The zero-order valence-electron chi connectivity index (χ0n) is 9.90. The van der Waals surface area contributed by atoms with Gasteiger partial charge in [-0.25, -0.2) is 4.79 Å². The summed E-state index contributed by atoms with van der Waals surface area (Å²) >= 11 is 0. The Balaban J connectivity index is 1.83. The maximum Gasteiger partial charge on any atom is 0.333 e. The van der Waals surface area contributed by atoms with Crippen molar-refractivity contribution in [2.45, 2.75) is 44.3 Å². The molecule has 1 heterocycles. The molecule has 0 aromatic carbocycles. The van der Waals surface area contributed by atoms with Crippen molar-refractivity contribution in [1.82, 2.24) is 0 Å². The first-order chi connectivity index (χ1) is 7.99. The summed E-state index contributed by atoms with van der Waals surface area (Å²) in [5, 5.41) is 0. The number of carbonyl (C=O) groups is 2. The lowest BCUT2D eigenvalue weighted by Gasteiger charge is -2.37. The minimum atomic E-state index is -0.472. The van der Waals surface area contributed by atoms with Crippen LogP contribution >= 0.6 is 0 Å². The molecule has 0 spiro atoms. The molecular formula is C13H16O4. The second-order valence-electron chi connectivity index (χ2n) is 5.63. The maximum atomic E-state index is 11.7. The zero-order chi connectivity index (χ0) is 12.2. The van der Waals surface area contributed by atoms with E-state index in [-0.39, 0.29) is 24.0 Å². The Bertz CT molecular complexity index is 414. The number of hydrogen-bond donors (Lipinski definition) is 0. The second kappa shape index (κ2) is 3.34. The van der Waals surface area contributed by atoms with Crippen molar-refractivity contribution in [1.29, 1.82) is 0 Å². The normalized spacial score (nSPS) is 42.2. The molecule has 0 N–H and O–H groups in total. The smallest absolute Gasteiger partial charge is 0.333 e. The van der Waals surface area contributed by atoms with Crippen molar-refractivity contribution in [3.8, 4) is 0 Å². The van der Waals surface area contributed by atoms with Crippen molar-refractivity contribution < 1.29 is 19.1 Å². The van der Waals surface area contributed by atoms with Crippen LogP contribution in [-0.4, -0.2) is 23.6 Å². The first kappa shape index (κ1) is 10.8. The molecule has 0 radical (unpaired) electrons. The molecular weight excluding hydrogens is 220 g/mol. The van der Waals surface area contributed by atoms with Crippen LogP contribution in [-0.2, 0) is 19.1 Å². The third kappa shape index (κ3) is 1.58. The van der Waals surface area contributed by atoms with Gasteiger partial charge in [-0.3, -0.25) is 4.79 Å². The highest BCUT2D eigenvalue weighted by molar-refractivity contribution is 5.87. The standard InChI is InChI=1S/C13H16O4/c1-7(2)11(14)17-13-4-8-3-9(5-13)12(15)16-10(8)6-13/h8-10H,1,3-6H2,2H3/t8?,9?,10-,13?/m1/s1. The third-order valence-corrected chi connectivity index (χ3v) is 4.20. The zero-order valence-corrected chi connectivity index (χ0v) is 9.90. The molecule has 3 rings (SSSR count). The molecule has 3 unspecified atom stereocenters. The fraction of sp³-hybridized carbons (Fsp3) is 0.692. The Morgan fingerprint density at radius 1 is 1.47 bits per heavy atom. The van der Waals surface area contributed by atoms with E-state index in [0.29, 0.717) is 24.3 Å². The summed E-state index contributed by atoms with van der Waals surface area (Å²) in [4.78, 5) is 23.3. The summed E-state index contributed by atoms with van der Waals surface area (Å²) < 4.78 is 11.0. The van der Waals surface area contributed by atoms with Crippen molar-refractivity contribution in [3.63, 3.8) is 0 Å². The molecule has 17 heavy (non-hydrogen) atoms. The predicted octanol–water partition coefficient (Wildman–Crippen LogP) is 1.59. The number of fused-ring (bicyclic) bond motifs is 2. The summed E-state index contributed by atoms with van der Waals surface area (Å²) in [6.07, 6.45) is 2.98. The lowest BCUT2D eigenvalue weighted by atomic mass is 9.77. The molecule has 2 aliphatic carbocycles. The number of carbonyl (C=O) groups excluding carboxylic acids is 2. The number of hydrogen-bond acceptors (Lipinski definition) is 4. The second-order valence-corrected chi connectivity index (χ2v) is 5.63. The van der Waals surface area contributed by atoms with Gasteiger partial charge in [-0.1, -0.05) is 6.58 Å². The molecule has 92 valence electrons. The van der Waals surface area contributed by atoms with Gasteiger partial charge in [0.2, 0.25) is 0 Å². The van der Waals surface area contributed by atoms with Crippen LogP contribution in [0.2, 0.25) is 0 Å². The molecule has 3 fully saturated rings. The Hall–Kier alpha value is -1.32. The first-order valence-electron chi connectivity index (χ1n) is 6.08. The van der Waals surface area contributed by atoms with E-state index in [1.807, 2.05) is 0 Å². The van der Waals surface area contributed by atoms with E-state index >= 15 is 0 Å². The fourth-order valence-corrected chi connectivity index (χ4v) is 3.50. The van der Waals surface area contributed by atoms with Crippen LogP contribution < -0.4 is 0 Å².